The van der Waals surface area contributed by atoms with E-state index in [1.165, 1.54) is 5.56 Å². The quantitative estimate of drug-likeness (QED) is 0.769. The Morgan fingerprint density at radius 3 is 2.42 bits per heavy atom. The summed E-state index contributed by atoms with van der Waals surface area (Å²) in [6.45, 7) is 2.87. The normalized spacial score (nSPS) is 17.3. The van der Waals surface area contributed by atoms with Crippen LogP contribution in [0.3, 0.4) is 0 Å². The Morgan fingerprint density at radius 1 is 0.962 bits per heavy atom. The van der Waals surface area contributed by atoms with Crippen molar-refractivity contribution in [1.82, 2.24) is 14.8 Å². The molecule has 0 bridgehead atoms. The molecule has 2 heterocycles. The van der Waals surface area contributed by atoms with Gasteiger partial charge in [-0.15, -0.1) is 0 Å². The lowest BCUT2D eigenvalue weighted by atomic mass is 10.1. The molecule has 4 heteroatoms. The van der Waals surface area contributed by atoms with E-state index in [9.17, 15) is 4.79 Å². The molecule has 26 heavy (non-hydrogen) atoms. The minimum absolute atomic E-state index is 0.00983. The van der Waals surface area contributed by atoms with Gasteiger partial charge in [0.1, 0.15) is 0 Å². The van der Waals surface area contributed by atoms with Gasteiger partial charge >= 0.3 is 0 Å². The van der Waals surface area contributed by atoms with E-state index in [4.69, 9.17) is 0 Å². The van der Waals surface area contributed by atoms with E-state index < -0.39 is 0 Å². The molecule has 1 aromatic heterocycles. The van der Waals surface area contributed by atoms with E-state index >= 15 is 0 Å². The van der Waals surface area contributed by atoms with Gasteiger partial charge in [0, 0.05) is 49.3 Å². The average Bonchev–Trinajstić information content (AvgIpc) is 3.35. The van der Waals surface area contributed by atoms with Gasteiger partial charge in [-0.05, 0) is 48.4 Å². The molecule has 1 unspecified atom stereocenters. The minimum Gasteiger partial charge on any atom is -0.348 e. The van der Waals surface area contributed by atoms with Crippen molar-refractivity contribution in [2.75, 3.05) is 13.1 Å². The predicted molar refractivity (Wildman–Crippen MR) is 103 cm³/mol. The van der Waals surface area contributed by atoms with Crippen molar-refractivity contribution in [3.05, 3.63) is 90.3 Å². The zero-order valence-electron chi connectivity index (χ0n) is 14.7. The van der Waals surface area contributed by atoms with Gasteiger partial charge < -0.3 is 9.88 Å². The summed E-state index contributed by atoms with van der Waals surface area (Å²) in [7, 11) is 0. The van der Waals surface area contributed by atoms with E-state index in [-0.39, 0.29) is 11.9 Å². The van der Waals surface area contributed by atoms with Gasteiger partial charge in [-0.3, -0.25) is 9.69 Å². The monoisotopic (exact) mass is 345 g/mol. The molecular formula is C22H23N3O. The fourth-order valence-electron chi connectivity index (χ4n) is 3.50. The highest BCUT2D eigenvalue weighted by Gasteiger charge is 2.24. The molecule has 3 aromatic rings. The SMILES string of the molecule is O=C(NC1CCN(Cc2ccccc2)C1)c1ccc(-n2cccc2)cc1. The van der Waals surface area contributed by atoms with Crippen molar-refractivity contribution in [3.8, 4) is 5.69 Å². The lowest BCUT2D eigenvalue weighted by molar-refractivity contribution is 0.0937. The Kier molecular flexibility index (Phi) is 4.84. The molecule has 1 N–H and O–H groups in total. The number of aromatic nitrogens is 1. The first kappa shape index (κ1) is 16.6. The van der Waals surface area contributed by atoms with Crippen LogP contribution < -0.4 is 5.32 Å². The fourth-order valence-corrected chi connectivity index (χ4v) is 3.50. The largest absolute Gasteiger partial charge is 0.348 e. The van der Waals surface area contributed by atoms with Gasteiger partial charge in [-0.25, -0.2) is 0 Å². The second-order valence-electron chi connectivity index (χ2n) is 6.82. The summed E-state index contributed by atoms with van der Waals surface area (Å²) in [5.41, 5.74) is 3.09. The minimum atomic E-state index is 0.00983. The number of nitrogens with zero attached hydrogens (tertiary/aromatic N) is 2. The molecule has 132 valence electrons. The van der Waals surface area contributed by atoms with Crippen molar-refractivity contribution >= 4 is 5.91 Å². The third kappa shape index (κ3) is 3.86. The van der Waals surface area contributed by atoms with Gasteiger partial charge in [-0.2, -0.15) is 0 Å². The number of amides is 1. The topological polar surface area (TPSA) is 37.3 Å². The molecule has 1 aliphatic rings. The lowest BCUT2D eigenvalue weighted by Gasteiger charge is -2.17. The van der Waals surface area contributed by atoms with E-state index in [2.05, 4.69) is 34.5 Å². The molecule has 1 aliphatic heterocycles. The van der Waals surface area contributed by atoms with Crippen LogP contribution in [0.25, 0.3) is 5.69 Å². The van der Waals surface area contributed by atoms with Crippen molar-refractivity contribution in [1.29, 1.82) is 0 Å². The highest BCUT2D eigenvalue weighted by molar-refractivity contribution is 5.94. The Labute approximate surface area is 154 Å². The summed E-state index contributed by atoms with van der Waals surface area (Å²) in [5.74, 6) is 0.00983. The zero-order valence-corrected chi connectivity index (χ0v) is 14.7. The molecule has 0 radical (unpaired) electrons. The molecule has 0 spiro atoms. The van der Waals surface area contributed by atoms with Crippen LogP contribution in [0.4, 0.5) is 0 Å². The molecule has 1 fully saturated rings. The summed E-state index contributed by atoms with van der Waals surface area (Å²) >= 11 is 0. The molecule has 4 rings (SSSR count). The maximum Gasteiger partial charge on any atom is 0.251 e. The lowest BCUT2D eigenvalue weighted by Crippen LogP contribution is -2.36. The fraction of sp³-hybridized carbons (Fsp3) is 0.227. The van der Waals surface area contributed by atoms with E-state index in [0.717, 1.165) is 31.7 Å². The standard InChI is InChI=1S/C22H23N3O/c26-22(19-8-10-21(11-9-19)25-13-4-5-14-25)23-20-12-15-24(17-20)16-18-6-2-1-3-7-18/h1-11,13-14,20H,12,15-17H2,(H,23,26). The summed E-state index contributed by atoms with van der Waals surface area (Å²) in [6, 6.07) is 22.4. The van der Waals surface area contributed by atoms with Gasteiger partial charge in [0.15, 0.2) is 0 Å². The van der Waals surface area contributed by atoms with E-state index in [0.29, 0.717) is 5.56 Å². The number of carbonyl (C=O) groups is 1. The maximum absolute atomic E-state index is 12.5. The van der Waals surface area contributed by atoms with Gasteiger partial charge in [0.2, 0.25) is 0 Å². The number of rotatable bonds is 5. The molecule has 4 nitrogen and oxygen atoms in total. The van der Waals surface area contributed by atoms with Crippen LogP contribution in [0.15, 0.2) is 79.1 Å². The molecule has 2 aromatic carbocycles. The van der Waals surface area contributed by atoms with Crippen molar-refractivity contribution < 1.29 is 4.79 Å². The first-order valence-corrected chi connectivity index (χ1v) is 9.08. The summed E-state index contributed by atoms with van der Waals surface area (Å²) in [6.07, 6.45) is 4.99. The third-order valence-corrected chi connectivity index (χ3v) is 4.89. The summed E-state index contributed by atoms with van der Waals surface area (Å²) < 4.78 is 2.03. The number of likely N-dealkylation sites (tertiary alicyclic amines) is 1. The van der Waals surface area contributed by atoms with E-state index in [1.54, 1.807) is 0 Å². The first-order valence-electron chi connectivity index (χ1n) is 9.08. The van der Waals surface area contributed by atoms with Crippen LogP contribution >= 0.6 is 0 Å². The van der Waals surface area contributed by atoms with Crippen molar-refractivity contribution in [2.45, 2.75) is 19.0 Å². The highest BCUT2D eigenvalue weighted by Crippen LogP contribution is 2.15. The van der Waals surface area contributed by atoms with Crippen LogP contribution in [-0.2, 0) is 6.54 Å². The number of nitrogens with one attached hydrogen (secondary N) is 1. The van der Waals surface area contributed by atoms with Crippen LogP contribution in [-0.4, -0.2) is 34.5 Å². The number of carbonyl (C=O) groups excluding carboxylic acids is 1. The average molecular weight is 345 g/mol. The van der Waals surface area contributed by atoms with E-state index in [1.807, 2.05) is 59.4 Å². The Balaban J connectivity index is 1.32. The zero-order chi connectivity index (χ0) is 17.8. The van der Waals surface area contributed by atoms with Gasteiger partial charge in [-0.1, -0.05) is 30.3 Å². The van der Waals surface area contributed by atoms with Crippen LogP contribution in [0.1, 0.15) is 22.3 Å². The molecular weight excluding hydrogens is 322 g/mol. The van der Waals surface area contributed by atoms with Gasteiger partial charge in [0.05, 0.1) is 0 Å². The van der Waals surface area contributed by atoms with Crippen LogP contribution in [0.5, 0.6) is 0 Å². The van der Waals surface area contributed by atoms with Gasteiger partial charge in [0.25, 0.3) is 5.91 Å². The maximum atomic E-state index is 12.5. The summed E-state index contributed by atoms with van der Waals surface area (Å²) in [5, 5.41) is 3.18. The number of benzene rings is 2. The second-order valence-corrected chi connectivity index (χ2v) is 6.82. The predicted octanol–water partition coefficient (Wildman–Crippen LogP) is 3.48. The summed E-state index contributed by atoms with van der Waals surface area (Å²) in [4.78, 5) is 14.9. The number of hydrogen-bond acceptors (Lipinski definition) is 2. The Morgan fingerprint density at radius 2 is 1.69 bits per heavy atom. The molecule has 1 atom stereocenters. The van der Waals surface area contributed by atoms with Crippen LogP contribution in [0, 0.1) is 0 Å². The number of hydrogen-bond donors (Lipinski definition) is 1. The third-order valence-electron chi connectivity index (χ3n) is 4.89. The second kappa shape index (κ2) is 7.58. The molecule has 0 saturated carbocycles. The Bertz CT molecular complexity index is 841. The smallest absolute Gasteiger partial charge is 0.251 e. The molecule has 0 aliphatic carbocycles. The first-order chi connectivity index (χ1) is 12.8. The van der Waals surface area contributed by atoms with Crippen molar-refractivity contribution in [3.63, 3.8) is 0 Å². The highest BCUT2D eigenvalue weighted by atomic mass is 16.1. The molecule has 1 saturated heterocycles. The van der Waals surface area contributed by atoms with Crippen LogP contribution in [0.2, 0.25) is 0 Å². The van der Waals surface area contributed by atoms with Crippen molar-refractivity contribution in [2.24, 2.45) is 0 Å². The molecule has 1 amide bonds. The Hall–Kier alpha value is -2.85.